The molecule has 0 aliphatic rings. The normalized spacial score (nSPS) is 10.7. The van der Waals surface area contributed by atoms with E-state index in [0.717, 1.165) is 18.5 Å². The fourth-order valence-corrected chi connectivity index (χ4v) is 2.03. The zero-order chi connectivity index (χ0) is 15.2. The molecule has 4 heteroatoms. The number of aryl methyl sites for hydroxylation is 1. The summed E-state index contributed by atoms with van der Waals surface area (Å²) in [5, 5.41) is 3.03. The molecule has 2 nitrogen and oxygen atoms in total. The molecule has 0 radical (unpaired) electrons. The SMILES string of the molecule is CCNCc1cc(F)c(Oc2cccc(CC)c2)c(F)c1. The maximum atomic E-state index is 14.0. The van der Waals surface area contributed by atoms with Crippen LogP contribution in [-0.4, -0.2) is 6.54 Å². The Hall–Kier alpha value is -1.94. The summed E-state index contributed by atoms with van der Waals surface area (Å²) in [5.41, 5.74) is 1.61. The molecule has 112 valence electrons. The molecule has 21 heavy (non-hydrogen) atoms. The number of benzene rings is 2. The van der Waals surface area contributed by atoms with E-state index in [4.69, 9.17) is 4.74 Å². The summed E-state index contributed by atoms with van der Waals surface area (Å²) >= 11 is 0. The topological polar surface area (TPSA) is 21.3 Å². The van der Waals surface area contributed by atoms with Gasteiger partial charge in [-0.15, -0.1) is 0 Å². The van der Waals surface area contributed by atoms with Crippen LogP contribution in [0.15, 0.2) is 36.4 Å². The van der Waals surface area contributed by atoms with Gasteiger partial charge >= 0.3 is 0 Å². The van der Waals surface area contributed by atoms with Crippen molar-refractivity contribution in [3.8, 4) is 11.5 Å². The quantitative estimate of drug-likeness (QED) is 0.850. The highest BCUT2D eigenvalue weighted by Crippen LogP contribution is 2.29. The summed E-state index contributed by atoms with van der Waals surface area (Å²) in [7, 11) is 0. The Morgan fingerprint density at radius 3 is 2.33 bits per heavy atom. The molecule has 0 heterocycles. The number of hydrogen-bond acceptors (Lipinski definition) is 2. The molecule has 0 aromatic heterocycles. The van der Waals surface area contributed by atoms with Crippen LogP contribution < -0.4 is 10.1 Å². The Balaban J connectivity index is 2.23. The summed E-state index contributed by atoms with van der Waals surface area (Å²) in [5.74, 6) is -1.30. The van der Waals surface area contributed by atoms with Gasteiger partial charge in [0.2, 0.25) is 0 Å². The van der Waals surface area contributed by atoms with Crippen LogP contribution in [0, 0.1) is 11.6 Å². The van der Waals surface area contributed by atoms with Crippen molar-refractivity contribution in [2.24, 2.45) is 0 Å². The van der Waals surface area contributed by atoms with Gasteiger partial charge in [-0.3, -0.25) is 0 Å². The third kappa shape index (κ3) is 4.02. The molecule has 0 bridgehead atoms. The van der Waals surface area contributed by atoms with Crippen molar-refractivity contribution in [1.29, 1.82) is 0 Å². The van der Waals surface area contributed by atoms with Crippen LogP contribution in [-0.2, 0) is 13.0 Å². The Labute approximate surface area is 123 Å². The molecular formula is C17H19F2NO. The lowest BCUT2D eigenvalue weighted by molar-refractivity contribution is 0.406. The largest absolute Gasteiger partial charge is 0.451 e. The van der Waals surface area contributed by atoms with Gasteiger partial charge in [-0.1, -0.05) is 26.0 Å². The molecular weight excluding hydrogens is 272 g/mol. The van der Waals surface area contributed by atoms with Crippen molar-refractivity contribution < 1.29 is 13.5 Å². The third-order valence-electron chi connectivity index (χ3n) is 3.16. The van der Waals surface area contributed by atoms with E-state index < -0.39 is 11.6 Å². The average molecular weight is 291 g/mol. The zero-order valence-corrected chi connectivity index (χ0v) is 12.2. The molecule has 1 N–H and O–H groups in total. The first-order valence-electron chi connectivity index (χ1n) is 7.09. The maximum absolute atomic E-state index is 14.0. The van der Waals surface area contributed by atoms with Gasteiger partial charge in [-0.2, -0.15) is 0 Å². The summed E-state index contributed by atoms with van der Waals surface area (Å²) in [6.45, 7) is 5.11. The lowest BCUT2D eigenvalue weighted by Gasteiger charge is -2.11. The molecule has 2 rings (SSSR count). The zero-order valence-electron chi connectivity index (χ0n) is 12.2. The second-order valence-corrected chi connectivity index (χ2v) is 4.77. The van der Waals surface area contributed by atoms with Gasteiger partial charge < -0.3 is 10.1 Å². The van der Waals surface area contributed by atoms with Crippen molar-refractivity contribution in [3.63, 3.8) is 0 Å². The highest BCUT2D eigenvalue weighted by Gasteiger charge is 2.13. The summed E-state index contributed by atoms with van der Waals surface area (Å²) < 4.78 is 33.4. The van der Waals surface area contributed by atoms with Gasteiger partial charge in [0.25, 0.3) is 0 Å². The summed E-state index contributed by atoms with van der Waals surface area (Å²) in [6.07, 6.45) is 0.837. The molecule has 0 amide bonds. The van der Waals surface area contributed by atoms with Crippen LogP contribution in [0.4, 0.5) is 8.78 Å². The van der Waals surface area contributed by atoms with Crippen molar-refractivity contribution >= 4 is 0 Å². The summed E-state index contributed by atoms with van der Waals surface area (Å²) in [4.78, 5) is 0. The second-order valence-electron chi connectivity index (χ2n) is 4.77. The van der Waals surface area contributed by atoms with Crippen molar-refractivity contribution in [2.45, 2.75) is 26.8 Å². The summed E-state index contributed by atoms with van der Waals surface area (Å²) in [6, 6.07) is 9.81. The Bertz CT molecular complexity index is 590. The van der Waals surface area contributed by atoms with E-state index in [1.165, 1.54) is 12.1 Å². The van der Waals surface area contributed by atoms with Gasteiger partial charge in [-0.25, -0.2) is 8.78 Å². The second kappa shape index (κ2) is 7.18. The molecule has 0 unspecified atom stereocenters. The average Bonchev–Trinajstić information content (AvgIpc) is 2.49. The van der Waals surface area contributed by atoms with Crippen LogP contribution >= 0.6 is 0 Å². The number of rotatable bonds is 6. The first kappa shape index (κ1) is 15.4. The lowest BCUT2D eigenvalue weighted by Crippen LogP contribution is -2.12. The molecule has 0 aliphatic heterocycles. The van der Waals surface area contributed by atoms with E-state index in [1.807, 2.05) is 26.0 Å². The minimum absolute atomic E-state index is 0.358. The van der Waals surface area contributed by atoms with E-state index in [1.54, 1.807) is 12.1 Å². The van der Waals surface area contributed by atoms with Crippen molar-refractivity contribution in [1.82, 2.24) is 5.32 Å². The van der Waals surface area contributed by atoms with E-state index in [9.17, 15) is 8.78 Å². The number of nitrogens with one attached hydrogen (secondary N) is 1. The minimum Gasteiger partial charge on any atom is -0.451 e. The molecule has 0 spiro atoms. The van der Waals surface area contributed by atoms with Crippen LogP contribution in [0.2, 0.25) is 0 Å². The fourth-order valence-electron chi connectivity index (χ4n) is 2.03. The molecule has 0 saturated carbocycles. The van der Waals surface area contributed by atoms with E-state index in [0.29, 0.717) is 17.9 Å². The molecule has 2 aromatic rings. The van der Waals surface area contributed by atoms with Crippen LogP contribution in [0.1, 0.15) is 25.0 Å². The monoisotopic (exact) mass is 291 g/mol. The molecule has 0 atom stereocenters. The first-order chi connectivity index (χ1) is 10.1. The van der Waals surface area contributed by atoms with Gasteiger partial charge in [0.05, 0.1) is 0 Å². The van der Waals surface area contributed by atoms with Gasteiger partial charge in [0.15, 0.2) is 17.4 Å². The first-order valence-corrected chi connectivity index (χ1v) is 7.09. The number of hydrogen-bond donors (Lipinski definition) is 1. The van der Waals surface area contributed by atoms with Gasteiger partial charge in [0.1, 0.15) is 5.75 Å². The van der Waals surface area contributed by atoms with Crippen molar-refractivity contribution in [3.05, 3.63) is 59.2 Å². The van der Waals surface area contributed by atoms with Crippen LogP contribution in [0.25, 0.3) is 0 Å². The van der Waals surface area contributed by atoms with Crippen LogP contribution in [0.5, 0.6) is 11.5 Å². The third-order valence-corrected chi connectivity index (χ3v) is 3.16. The van der Waals surface area contributed by atoms with Gasteiger partial charge in [0, 0.05) is 6.54 Å². The molecule has 0 saturated heterocycles. The maximum Gasteiger partial charge on any atom is 0.198 e. The highest BCUT2D eigenvalue weighted by molar-refractivity contribution is 5.37. The van der Waals surface area contributed by atoms with Crippen LogP contribution in [0.3, 0.4) is 0 Å². The van der Waals surface area contributed by atoms with E-state index in [-0.39, 0.29) is 5.75 Å². The predicted molar refractivity (Wildman–Crippen MR) is 79.6 cm³/mol. The Kier molecular flexibility index (Phi) is 5.28. The van der Waals surface area contributed by atoms with Gasteiger partial charge in [-0.05, 0) is 48.4 Å². The fraction of sp³-hybridized carbons (Fsp3) is 0.294. The number of ether oxygens (including phenoxy) is 1. The van der Waals surface area contributed by atoms with E-state index >= 15 is 0 Å². The number of halogens is 2. The highest BCUT2D eigenvalue weighted by atomic mass is 19.1. The molecule has 0 fully saturated rings. The minimum atomic E-state index is -0.690. The van der Waals surface area contributed by atoms with E-state index in [2.05, 4.69) is 5.32 Å². The van der Waals surface area contributed by atoms with Crippen molar-refractivity contribution in [2.75, 3.05) is 6.54 Å². The Morgan fingerprint density at radius 2 is 1.71 bits per heavy atom. The molecule has 0 aliphatic carbocycles. The Morgan fingerprint density at radius 1 is 1.00 bits per heavy atom. The standard InChI is InChI=1S/C17H19F2NO/c1-3-12-6-5-7-14(8-12)21-17-15(18)9-13(10-16(17)19)11-20-4-2/h5-10,20H,3-4,11H2,1-2H3. The lowest BCUT2D eigenvalue weighted by atomic mass is 10.1. The molecule has 2 aromatic carbocycles. The predicted octanol–water partition coefficient (Wildman–Crippen LogP) is 4.43. The smallest absolute Gasteiger partial charge is 0.198 e.